The number of aryl methyl sites for hydroxylation is 2. The number of nitrogens with zero attached hydrogens (tertiary/aromatic N) is 4. The van der Waals surface area contributed by atoms with Gasteiger partial charge in [0.1, 0.15) is 5.69 Å². The zero-order valence-corrected chi connectivity index (χ0v) is 15.3. The summed E-state index contributed by atoms with van der Waals surface area (Å²) in [5.41, 5.74) is 3.48. The van der Waals surface area contributed by atoms with Crippen molar-refractivity contribution in [3.63, 3.8) is 0 Å². The van der Waals surface area contributed by atoms with Gasteiger partial charge >= 0.3 is 0 Å². The van der Waals surface area contributed by atoms with Crippen molar-refractivity contribution in [3.05, 3.63) is 47.3 Å². The Balaban J connectivity index is 1.72. The Hall–Kier alpha value is -2.96. The van der Waals surface area contributed by atoms with Crippen LogP contribution < -0.4 is 5.32 Å². The monoisotopic (exact) mass is 353 g/mol. The SMILES string of the molecule is CC(=O)N1CCN(C(=O)c2ccnc(Nc3cc(C)ccc3C)n2)CC1. The molecular formula is C19H23N5O2. The maximum absolute atomic E-state index is 12.7. The van der Waals surface area contributed by atoms with Gasteiger partial charge in [-0.05, 0) is 37.1 Å². The van der Waals surface area contributed by atoms with E-state index < -0.39 is 0 Å². The molecule has 1 aromatic heterocycles. The average Bonchev–Trinajstić information content (AvgIpc) is 2.64. The van der Waals surface area contributed by atoms with E-state index >= 15 is 0 Å². The van der Waals surface area contributed by atoms with E-state index in [0.717, 1.165) is 16.8 Å². The van der Waals surface area contributed by atoms with E-state index in [2.05, 4.69) is 15.3 Å². The number of hydrogen-bond donors (Lipinski definition) is 1. The van der Waals surface area contributed by atoms with Crippen molar-refractivity contribution in [1.29, 1.82) is 0 Å². The van der Waals surface area contributed by atoms with Gasteiger partial charge in [0.2, 0.25) is 11.9 Å². The second kappa shape index (κ2) is 7.51. The molecule has 1 aromatic carbocycles. The Morgan fingerprint density at radius 2 is 1.73 bits per heavy atom. The molecule has 1 N–H and O–H groups in total. The maximum Gasteiger partial charge on any atom is 0.272 e. The first-order valence-electron chi connectivity index (χ1n) is 8.66. The van der Waals surface area contributed by atoms with Crippen molar-refractivity contribution in [2.24, 2.45) is 0 Å². The van der Waals surface area contributed by atoms with Gasteiger partial charge in [-0.3, -0.25) is 9.59 Å². The highest BCUT2D eigenvalue weighted by molar-refractivity contribution is 5.92. The van der Waals surface area contributed by atoms with Gasteiger partial charge < -0.3 is 15.1 Å². The van der Waals surface area contributed by atoms with Gasteiger partial charge in [-0.2, -0.15) is 0 Å². The number of piperazine rings is 1. The van der Waals surface area contributed by atoms with Crippen molar-refractivity contribution >= 4 is 23.5 Å². The van der Waals surface area contributed by atoms with Gasteiger partial charge in [-0.25, -0.2) is 9.97 Å². The molecule has 2 heterocycles. The number of carbonyl (C=O) groups excluding carboxylic acids is 2. The number of amides is 2. The van der Waals surface area contributed by atoms with Gasteiger partial charge in [0.15, 0.2) is 0 Å². The summed E-state index contributed by atoms with van der Waals surface area (Å²) in [7, 11) is 0. The number of anilines is 2. The van der Waals surface area contributed by atoms with Crippen LogP contribution in [0.3, 0.4) is 0 Å². The van der Waals surface area contributed by atoms with Crippen LogP contribution in [0, 0.1) is 13.8 Å². The molecule has 1 aliphatic heterocycles. The van der Waals surface area contributed by atoms with Crippen LogP contribution in [-0.4, -0.2) is 57.8 Å². The summed E-state index contributed by atoms with van der Waals surface area (Å²) in [5.74, 6) is 0.297. The summed E-state index contributed by atoms with van der Waals surface area (Å²) in [6, 6.07) is 7.71. The number of nitrogens with one attached hydrogen (secondary N) is 1. The smallest absolute Gasteiger partial charge is 0.272 e. The lowest BCUT2D eigenvalue weighted by Crippen LogP contribution is -2.50. The molecule has 2 aromatic rings. The minimum Gasteiger partial charge on any atom is -0.339 e. The molecule has 0 saturated carbocycles. The minimum atomic E-state index is -0.139. The molecule has 0 aliphatic carbocycles. The van der Waals surface area contributed by atoms with Crippen molar-refractivity contribution in [2.75, 3.05) is 31.5 Å². The average molecular weight is 353 g/mol. The Morgan fingerprint density at radius 3 is 2.42 bits per heavy atom. The highest BCUT2D eigenvalue weighted by Gasteiger charge is 2.24. The maximum atomic E-state index is 12.7. The second-order valence-corrected chi connectivity index (χ2v) is 6.51. The molecule has 1 saturated heterocycles. The van der Waals surface area contributed by atoms with E-state index in [0.29, 0.717) is 37.8 Å². The molecule has 0 radical (unpaired) electrons. The zero-order chi connectivity index (χ0) is 18.7. The largest absolute Gasteiger partial charge is 0.339 e. The molecule has 1 fully saturated rings. The predicted molar refractivity (Wildman–Crippen MR) is 99.4 cm³/mol. The fourth-order valence-corrected chi connectivity index (χ4v) is 2.92. The summed E-state index contributed by atoms with van der Waals surface area (Å²) in [6.07, 6.45) is 1.58. The first kappa shape index (κ1) is 17.8. The third kappa shape index (κ3) is 3.99. The van der Waals surface area contributed by atoms with Gasteiger partial charge in [-0.15, -0.1) is 0 Å². The lowest BCUT2D eigenvalue weighted by molar-refractivity contribution is -0.130. The fourth-order valence-electron chi connectivity index (χ4n) is 2.92. The third-order valence-electron chi connectivity index (χ3n) is 4.53. The number of rotatable bonds is 3. The Bertz CT molecular complexity index is 828. The number of carbonyl (C=O) groups is 2. The molecule has 0 atom stereocenters. The molecule has 1 aliphatic rings. The molecule has 0 unspecified atom stereocenters. The minimum absolute atomic E-state index is 0.0409. The summed E-state index contributed by atoms with van der Waals surface area (Å²) in [6.45, 7) is 7.72. The predicted octanol–water partition coefficient (Wildman–Crippen LogP) is 2.14. The van der Waals surface area contributed by atoms with Crippen LogP contribution in [0.5, 0.6) is 0 Å². The van der Waals surface area contributed by atoms with Gasteiger partial charge in [0.05, 0.1) is 0 Å². The molecule has 2 amide bonds. The Morgan fingerprint density at radius 1 is 1.04 bits per heavy atom. The zero-order valence-electron chi connectivity index (χ0n) is 15.3. The molecule has 0 spiro atoms. The van der Waals surface area contributed by atoms with Crippen molar-refractivity contribution in [2.45, 2.75) is 20.8 Å². The Labute approximate surface area is 153 Å². The van der Waals surface area contributed by atoms with Crippen LogP contribution in [0.25, 0.3) is 0 Å². The lowest BCUT2D eigenvalue weighted by Gasteiger charge is -2.34. The van der Waals surface area contributed by atoms with E-state index in [1.807, 2.05) is 32.0 Å². The standard InChI is InChI=1S/C19H23N5O2/c1-13-4-5-14(2)17(12-13)22-19-20-7-6-16(21-19)18(26)24-10-8-23(9-11-24)15(3)25/h4-7,12H,8-11H2,1-3H3,(H,20,21,22). The van der Waals surface area contributed by atoms with Crippen molar-refractivity contribution < 1.29 is 9.59 Å². The molecule has 136 valence electrons. The molecule has 0 bridgehead atoms. The van der Waals surface area contributed by atoms with Crippen molar-refractivity contribution in [1.82, 2.24) is 19.8 Å². The normalized spacial score (nSPS) is 14.3. The molecule has 3 rings (SSSR count). The van der Waals surface area contributed by atoms with Gasteiger partial charge in [0.25, 0.3) is 5.91 Å². The molecule has 7 heteroatoms. The molecule has 26 heavy (non-hydrogen) atoms. The summed E-state index contributed by atoms with van der Waals surface area (Å²) >= 11 is 0. The van der Waals surface area contributed by atoms with Gasteiger partial charge in [-0.1, -0.05) is 12.1 Å². The summed E-state index contributed by atoms with van der Waals surface area (Å²) in [5, 5.41) is 3.19. The van der Waals surface area contributed by atoms with Crippen LogP contribution in [0.1, 0.15) is 28.5 Å². The van der Waals surface area contributed by atoms with Crippen LogP contribution in [0.15, 0.2) is 30.5 Å². The van der Waals surface area contributed by atoms with E-state index in [1.54, 1.807) is 29.0 Å². The van der Waals surface area contributed by atoms with Crippen LogP contribution in [0.2, 0.25) is 0 Å². The van der Waals surface area contributed by atoms with E-state index in [4.69, 9.17) is 0 Å². The summed E-state index contributed by atoms with van der Waals surface area (Å²) in [4.78, 5) is 36.2. The topological polar surface area (TPSA) is 78.4 Å². The quantitative estimate of drug-likeness (QED) is 0.915. The third-order valence-corrected chi connectivity index (χ3v) is 4.53. The van der Waals surface area contributed by atoms with E-state index in [1.165, 1.54) is 0 Å². The Kier molecular flexibility index (Phi) is 5.16. The van der Waals surface area contributed by atoms with Crippen LogP contribution in [0.4, 0.5) is 11.6 Å². The number of benzene rings is 1. The first-order valence-corrected chi connectivity index (χ1v) is 8.66. The molecular weight excluding hydrogens is 330 g/mol. The number of aromatic nitrogens is 2. The van der Waals surface area contributed by atoms with Crippen LogP contribution in [-0.2, 0) is 4.79 Å². The highest BCUT2D eigenvalue weighted by atomic mass is 16.2. The lowest BCUT2D eigenvalue weighted by atomic mass is 10.1. The van der Waals surface area contributed by atoms with Crippen LogP contribution >= 0.6 is 0 Å². The summed E-state index contributed by atoms with van der Waals surface area (Å²) < 4.78 is 0. The van der Waals surface area contributed by atoms with Gasteiger partial charge in [0, 0.05) is 45.0 Å². The second-order valence-electron chi connectivity index (χ2n) is 6.51. The number of hydrogen-bond acceptors (Lipinski definition) is 5. The fraction of sp³-hybridized carbons (Fsp3) is 0.368. The molecule has 7 nitrogen and oxygen atoms in total. The van der Waals surface area contributed by atoms with E-state index in [9.17, 15) is 9.59 Å². The van der Waals surface area contributed by atoms with Crippen molar-refractivity contribution in [3.8, 4) is 0 Å². The first-order chi connectivity index (χ1) is 12.4. The highest BCUT2D eigenvalue weighted by Crippen LogP contribution is 2.20. The van der Waals surface area contributed by atoms with E-state index in [-0.39, 0.29) is 11.8 Å².